The monoisotopic (exact) mass is 495 g/mol. The minimum atomic E-state index is -1.10. The van der Waals surface area contributed by atoms with Crippen LogP contribution in [0.2, 0.25) is 0 Å². The van der Waals surface area contributed by atoms with Crippen molar-refractivity contribution >= 4 is 0 Å². The van der Waals surface area contributed by atoms with Crippen LogP contribution < -0.4 is 14.2 Å². The van der Waals surface area contributed by atoms with Crippen LogP contribution >= 0.6 is 0 Å². The van der Waals surface area contributed by atoms with Crippen LogP contribution in [0, 0.1) is 6.92 Å². The van der Waals surface area contributed by atoms with Gasteiger partial charge in [-0.05, 0) is 36.8 Å². The summed E-state index contributed by atoms with van der Waals surface area (Å²) in [4.78, 5) is 6.54. The van der Waals surface area contributed by atoms with Gasteiger partial charge in [-0.2, -0.15) is 0 Å². The maximum absolute atomic E-state index is 11.2. The first kappa shape index (κ1) is 26.0. The molecule has 1 fully saturated rings. The van der Waals surface area contributed by atoms with Gasteiger partial charge in [0.1, 0.15) is 30.4 Å². The van der Waals surface area contributed by atoms with Crippen molar-refractivity contribution in [1.82, 2.24) is 14.5 Å². The first-order chi connectivity index (χ1) is 17.5. The summed E-state index contributed by atoms with van der Waals surface area (Å²) in [6.07, 6.45) is 4.68. The summed E-state index contributed by atoms with van der Waals surface area (Å²) < 4.78 is 25.3. The Morgan fingerprint density at radius 1 is 1.11 bits per heavy atom. The van der Waals surface area contributed by atoms with Crippen LogP contribution in [-0.4, -0.2) is 71.8 Å². The molecule has 0 bridgehead atoms. The molecule has 1 aromatic heterocycles. The normalized spacial score (nSPS) is 18.6. The van der Waals surface area contributed by atoms with E-state index in [1.165, 1.54) is 5.56 Å². The number of aryl methyl sites for hydroxylation is 2. The van der Waals surface area contributed by atoms with Gasteiger partial charge in [-0.15, -0.1) is 0 Å². The van der Waals surface area contributed by atoms with Gasteiger partial charge in [-0.3, -0.25) is 4.90 Å². The zero-order valence-corrected chi connectivity index (χ0v) is 21.5. The summed E-state index contributed by atoms with van der Waals surface area (Å²) in [6, 6.07) is 13.8. The van der Waals surface area contributed by atoms with Crippen LogP contribution in [0.5, 0.6) is 17.2 Å². The highest BCUT2D eigenvalue weighted by Crippen LogP contribution is 2.29. The molecule has 36 heavy (non-hydrogen) atoms. The molecule has 194 valence electrons. The Labute approximate surface area is 213 Å². The lowest BCUT2D eigenvalue weighted by atomic mass is 10.1. The third kappa shape index (κ3) is 7.00. The number of ether oxygens (including phenoxy) is 4. The number of β-amino-alcohol motifs (C(OH)–C–C–N with tert-alkyl or cyclic N) is 1. The largest absolute Gasteiger partial charge is 0.493 e. The predicted molar refractivity (Wildman–Crippen MR) is 138 cm³/mol. The standard InChI is InChI=1S/C28H37N3O5/c1-4-27-29-11-12-31(27)14-16-35-25-10-7-23(17-26(25)33-3)18-30-13-15-34-20-28(32,19-30)21-36-24-8-5-22(2)6-9-24/h5-12,17,32H,4,13-16,18-21H2,1-3H3/t28-/m0/s1. The van der Waals surface area contributed by atoms with Gasteiger partial charge < -0.3 is 28.6 Å². The van der Waals surface area contributed by atoms with Crippen LogP contribution in [-0.2, 0) is 24.2 Å². The van der Waals surface area contributed by atoms with Gasteiger partial charge in [0, 0.05) is 38.4 Å². The molecular weight excluding hydrogens is 458 g/mol. The average Bonchev–Trinajstić information content (AvgIpc) is 3.26. The molecule has 0 unspecified atom stereocenters. The quantitative estimate of drug-likeness (QED) is 0.436. The summed E-state index contributed by atoms with van der Waals surface area (Å²) in [7, 11) is 1.65. The zero-order valence-electron chi connectivity index (χ0n) is 21.5. The fraction of sp³-hybridized carbons (Fsp3) is 0.464. The van der Waals surface area contributed by atoms with E-state index in [0.29, 0.717) is 37.8 Å². The number of hydrogen-bond donors (Lipinski definition) is 1. The number of imidazole rings is 1. The topological polar surface area (TPSA) is 78.2 Å². The van der Waals surface area contributed by atoms with E-state index in [1.807, 2.05) is 61.8 Å². The second-order valence-electron chi connectivity index (χ2n) is 9.31. The lowest BCUT2D eigenvalue weighted by molar-refractivity contribution is -0.0646. The van der Waals surface area contributed by atoms with Crippen molar-refractivity contribution in [3.05, 3.63) is 71.8 Å². The molecule has 0 saturated carbocycles. The minimum absolute atomic E-state index is 0.166. The van der Waals surface area contributed by atoms with Gasteiger partial charge in [0.25, 0.3) is 0 Å². The van der Waals surface area contributed by atoms with E-state index in [9.17, 15) is 5.11 Å². The van der Waals surface area contributed by atoms with Crippen LogP contribution in [0.4, 0.5) is 0 Å². The van der Waals surface area contributed by atoms with Crippen LogP contribution in [0.3, 0.4) is 0 Å². The number of hydrogen-bond acceptors (Lipinski definition) is 7. The molecule has 2 heterocycles. The van der Waals surface area contributed by atoms with Crippen LogP contribution in [0.25, 0.3) is 0 Å². The summed E-state index contributed by atoms with van der Waals surface area (Å²) >= 11 is 0. The first-order valence-electron chi connectivity index (χ1n) is 12.5. The summed E-state index contributed by atoms with van der Waals surface area (Å²) in [6.45, 7) is 8.16. The SMILES string of the molecule is CCc1nccn1CCOc1ccc(CN2CCOC[C@](O)(COc3ccc(C)cc3)C2)cc1OC. The van der Waals surface area contributed by atoms with E-state index >= 15 is 0 Å². The number of aliphatic hydroxyl groups is 1. The maximum Gasteiger partial charge on any atom is 0.161 e. The second-order valence-corrected chi connectivity index (χ2v) is 9.31. The summed E-state index contributed by atoms with van der Waals surface area (Å²) in [5.41, 5.74) is 1.14. The molecule has 1 aliphatic heterocycles. The number of benzene rings is 2. The highest BCUT2D eigenvalue weighted by Gasteiger charge is 2.33. The van der Waals surface area contributed by atoms with E-state index in [4.69, 9.17) is 18.9 Å². The smallest absolute Gasteiger partial charge is 0.161 e. The zero-order chi connectivity index (χ0) is 25.4. The second kappa shape index (κ2) is 12.3. The first-order valence-corrected chi connectivity index (χ1v) is 12.5. The van der Waals surface area contributed by atoms with E-state index in [2.05, 4.69) is 21.4 Å². The fourth-order valence-corrected chi connectivity index (χ4v) is 4.37. The Kier molecular flexibility index (Phi) is 8.85. The number of aromatic nitrogens is 2. The number of methoxy groups -OCH3 is 1. The van der Waals surface area contributed by atoms with Crippen molar-refractivity contribution in [2.75, 3.05) is 46.6 Å². The molecule has 8 nitrogen and oxygen atoms in total. The maximum atomic E-state index is 11.2. The molecule has 1 atom stereocenters. The van der Waals surface area contributed by atoms with Crippen LogP contribution in [0.15, 0.2) is 54.9 Å². The van der Waals surface area contributed by atoms with Crippen molar-refractivity contribution in [2.24, 2.45) is 0 Å². The van der Waals surface area contributed by atoms with Crippen molar-refractivity contribution in [1.29, 1.82) is 0 Å². The molecule has 2 aromatic carbocycles. The Balaban J connectivity index is 1.34. The molecule has 0 amide bonds. The number of rotatable bonds is 11. The molecule has 0 aliphatic carbocycles. The lowest BCUT2D eigenvalue weighted by Crippen LogP contribution is -2.48. The van der Waals surface area contributed by atoms with Gasteiger partial charge in [0.05, 0.1) is 26.9 Å². The van der Waals surface area contributed by atoms with E-state index in [-0.39, 0.29) is 13.2 Å². The van der Waals surface area contributed by atoms with Crippen molar-refractivity contribution in [3.8, 4) is 17.2 Å². The van der Waals surface area contributed by atoms with E-state index in [0.717, 1.165) is 36.6 Å². The van der Waals surface area contributed by atoms with Gasteiger partial charge in [-0.25, -0.2) is 4.98 Å². The molecule has 1 saturated heterocycles. The molecule has 0 spiro atoms. The van der Waals surface area contributed by atoms with Gasteiger partial charge in [-0.1, -0.05) is 30.7 Å². The van der Waals surface area contributed by atoms with Crippen LogP contribution in [0.1, 0.15) is 23.9 Å². The van der Waals surface area contributed by atoms with E-state index in [1.54, 1.807) is 7.11 Å². The Bertz CT molecular complexity index is 1100. The summed E-state index contributed by atoms with van der Waals surface area (Å²) in [5, 5.41) is 11.2. The Hall–Kier alpha value is -3.07. The van der Waals surface area contributed by atoms with Gasteiger partial charge >= 0.3 is 0 Å². The van der Waals surface area contributed by atoms with Gasteiger partial charge in [0.2, 0.25) is 0 Å². The molecule has 0 radical (unpaired) electrons. The fourth-order valence-electron chi connectivity index (χ4n) is 4.37. The lowest BCUT2D eigenvalue weighted by Gasteiger charge is -2.30. The number of nitrogens with zero attached hydrogens (tertiary/aromatic N) is 3. The van der Waals surface area contributed by atoms with Crippen molar-refractivity contribution < 1.29 is 24.1 Å². The third-order valence-corrected chi connectivity index (χ3v) is 6.31. The van der Waals surface area contributed by atoms with Crippen molar-refractivity contribution in [3.63, 3.8) is 0 Å². The third-order valence-electron chi connectivity index (χ3n) is 6.31. The molecule has 1 aliphatic rings. The van der Waals surface area contributed by atoms with Gasteiger partial charge in [0.15, 0.2) is 11.5 Å². The van der Waals surface area contributed by atoms with E-state index < -0.39 is 5.60 Å². The summed E-state index contributed by atoms with van der Waals surface area (Å²) in [5.74, 6) is 3.19. The highest BCUT2D eigenvalue weighted by molar-refractivity contribution is 5.43. The molecule has 3 aromatic rings. The molecule has 8 heteroatoms. The van der Waals surface area contributed by atoms with Crippen molar-refractivity contribution in [2.45, 2.75) is 39.0 Å². The molecular formula is C28H37N3O5. The molecule has 1 N–H and O–H groups in total. The Morgan fingerprint density at radius 3 is 2.72 bits per heavy atom. The predicted octanol–water partition coefficient (Wildman–Crippen LogP) is 3.48. The average molecular weight is 496 g/mol. The highest BCUT2D eigenvalue weighted by atomic mass is 16.5. The Morgan fingerprint density at radius 2 is 1.94 bits per heavy atom. The minimum Gasteiger partial charge on any atom is -0.493 e. The molecule has 4 rings (SSSR count).